The topological polar surface area (TPSA) is 54.2 Å². The summed E-state index contributed by atoms with van der Waals surface area (Å²) in [6.07, 6.45) is 6.16. The third kappa shape index (κ3) is 3.50. The van der Waals surface area contributed by atoms with E-state index < -0.39 is 0 Å². The highest BCUT2D eigenvalue weighted by molar-refractivity contribution is 7.98. The van der Waals surface area contributed by atoms with Crippen LogP contribution in [-0.2, 0) is 6.54 Å². The van der Waals surface area contributed by atoms with E-state index in [1.54, 1.807) is 18.0 Å². The Hall–Kier alpha value is -1.69. The van der Waals surface area contributed by atoms with Gasteiger partial charge in [0.15, 0.2) is 5.16 Å². The summed E-state index contributed by atoms with van der Waals surface area (Å²) in [6.45, 7) is 3.68. The second-order valence-corrected chi connectivity index (χ2v) is 5.84. The highest BCUT2D eigenvalue weighted by Gasteiger charge is 2.31. The molecule has 5 nitrogen and oxygen atoms in total. The highest BCUT2D eigenvalue weighted by Crippen LogP contribution is 2.33. The van der Waals surface area contributed by atoms with E-state index in [2.05, 4.69) is 27.1 Å². The first-order chi connectivity index (χ1) is 10.3. The van der Waals surface area contributed by atoms with Gasteiger partial charge in [-0.25, -0.2) is 9.97 Å². The van der Waals surface area contributed by atoms with E-state index in [-0.39, 0.29) is 0 Å². The van der Waals surface area contributed by atoms with Gasteiger partial charge < -0.3 is 14.6 Å². The number of nitrogens with zero attached hydrogens (tertiary/aromatic N) is 3. The van der Waals surface area contributed by atoms with Crippen LogP contribution in [0.2, 0.25) is 0 Å². The van der Waals surface area contributed by atoms with Gasteiger partial charge in [-0.3, -0.25) is 0 Å². The van der Waals surface area contributed by atoms with Crippen LogP contribution in [0.5, 0.6) is 0 Å². The van der Waals surface area contributed by atoms with Crippen molar-refractivity contribution in [1.82, 2.24) is 9.97 Å². The van der Waals surface area contributed by atoms with E-state index in [1.165, 1.54) is 12.8 Å². The maximum Gasteiger partial charge on any atom is 0.191 e. The molecule has 3 rings (SSSR count). The molecule has 1 aliphatic rings. The molecule has 0 bridgehead atoms. The largest absolute Gasteiger partial charge is 0.467 e. The van der Waals surface area contributed by atoms with Crippen molar-refractivity contribution in [2.45, 2.75) is 37.5 Å². The zero-order valence-electron chi connectivity index (χ0n) is 12.4. The van der Waals surface area contributed by atoms with Gasteiger partial charge in [0.05, 0.1) is 12.8 Å². The first kappa shape index (κ1) is 14.3. The molecule has 1 aliphatic carbocycles. The van der Waals surface area contributed by atoms with Crippen LogP contribution in [0.3, 0.4) is 0 Å². The minimum atomic E-state index is 0.564. The van der Waals surface area contributed by atoms with Crippen LogP contribution in [0.1, 0.15) is 25.5 Å². The van der Waals surface area contributed by atoms with Crippen LogP contribution in [0.15, 0.2) is 34.0 Å². The number of anilines is 2. The molecular formula is C15H20N4OS. The summed E-state index contributed by atoms with van der Waals surface area (Å²) in [4.78, 5) is 11.5. The summed E-state index contributed by atoms with van der Waals surface area (Å²) >= 11 is 1.57. The molecule has 0 aliphatic heterocycles. The van der Waals surface area contributed by atoms with Crippen molar-refractivity contribution < 1.29 is 4.42 Å². The average Bonchev–Trinajstić information content (AvgIpc) is 3.21. The molecule has 0 atom stereocenters. The van der Waals surface area contributed by atoms with Gasteiger partial charge >= 0.3 is 0 Å². The minimum absolute atomic E-state index is 0.564. The van der Waals surface area contributed by atoms with Crippen molar-refractivity contribution in [2.24, 2.45) is 0 Å². The molecule has 0 radical (unpaired) electrons. The first-order valence-electron chi connectivity index (χ1n) is 7.26. The summed E-state index contributed by atoms with van der Waals surface area (Å²) in [5.41, 5.74) is 0. The Morgan fingerprint density at radius 2 is 2.29 bits per heavy atom. The average molecular weight is 304 g/mol. The van der Waals surface area contributed by atoms with E-state index in [0.717, 1.165) is 35.6 Å². The van der Waals surface area contributed by atoms with Crippen molar-refractivity contribution in [3.63, 3.8) is 0 Å². The van der Waals surface area contributed by atoms with Crippen molar-refractivity contribution in [3.05, 3.63) is 30.2 Å². The SMILES string of the molecule is CCNc1cc(N(Cc2ccco2)C2CC2)nc(SC)n1. The summed E-state index contributed by atoms with van der Waals surface area (Å²) < 4.78 is 5.49. The lowest BCUT2D eigenvalue weighted by Crippen LogP contribution is -2.26. The number of furan rings is 1. The predicted molar refractivity (Wildman–Crippen MR) is 85.9 cm³/mol. The maximum atomic E-state index is 5.49. The number of thioether (sulfide) groups is 1. The third-order valence-electron chi connectivity index (χ3n) is 3.42. The fraction of sp³-hybridized carbons (Fsp3) is 0.467. The Morgan fingerprint density at radius 1 is 1.43 bits per heavy atom. The van der Waals surface area contributed by atoms with E-state index in [4.69, 9.17) is 4.42 Å². The first-order valence-corrected chi connectivity index (χ1v) is 8.48. The van der Waals surface area contributed by atoms with Crippen LogP contribution in [0, 0.1) is 0 Å². The van der Waals surface area contributed by atoms with E-state index in [0.29, 0.717) is 6.04 Å². The van der Waals surface area contributed by atoms with Gasteiger partial charge in [0.25, 0.3) is 0 Å². The molecule has 2 heterocycles. The molecule has 1 fully saturated rings. The number of nitrogens with one attached hydrogen (secondary N) is 1. The van der Waals surface area contributed by atoms with Gasteiger partial charge in [0.1, 0.15) is 17.4 Å². The van der Waals surface area contributed by atoms with Gasteiger partial charge in [-0.1, -0.05) is 11.8 Å². The maximum absolute atomic E-state index is 5.49. The van der Waals surface area contributed by atoms with Crippen molar-refractivity contribution in [3.8, 4) is 0 Å². The second-order valence-electron chi connectivity index (χ2n) is 5.07. The molecule has 21 heavy (non-hydrogen) atoms. The summed E-state index contributed by atoms with van der Waals surface area (Å²) in [5, 5.41) is 4.08. The van der Waals surface area contributed by atoms with Gasteiger partial charge in [-0.2, -0.15) is 0 Å². The van der Waals surface area contributed by atoms with Crippen LogP contribution in [0.4, 0.5) is 11.6 Å². The van der Waals surface area contributed by atoms with Crippen LogP contribution < -0.4 is 10.2 Å². The van der Waals surface area contributed by atoms with Crippen molar-refractivity contribution in [1.29, 1.82) is 0 Å². The Balaban J connectivity index is 1.88. The Bertz CT molecular complexity index is 583. The van der Waals surface area contributed by atoms with E-state index in [9.17, 15) is 0 Å². The molecule has 1 saturated carbocycles. The van der Waals surface area contributed by atoms with Crippen LogP contribution in [0.25, 0.3) is 0 Å². The van der Waals surface area contributed by atoms with Gasteiger partial charge in [0.2, 0.25) is 0 Å². The molecule has 2 aromatic heterocycles. The lowest BCUT2D eigenvalue weighted by molar-refractivity contribution is 0.500. The van der Waals surface area contributed by atoms with Crippen LogP contribution in [-0.4, -0.2) is 28.8 Å². The molecule has 0 spiro atoms. The molecular weight excluding hydrogens is 284 g/mol. The molecule has 6 heteroatoms. The Morgan fingerprint density at radius 3 is 2.90 bits per heavy atom. The molecule has 1 N–H and O–H groups in total. The Kier molecular flexibility index (Phi) is 4.34. The smallest absolute Gasteiger partial charge is 0.191 e. The van der Waals surface area contributed by atoms with E-state index in [1.807, 2.05) is 24.5 Å². The molecule has 112 valence electrons. The summed E-state index contributed by atoms with van der Waals surface area (Å²) in [5.74, 6) is 2.83. The predicted octanol–water partition coefficient (Wildman–Crippen LogP) is 3.39. The molecule has 0 saturated heterocycles. The quantitative estimate of drug-likeness (QED) is 0.625. The molecule has 2 aromatic rings. The number of rotatable bonds is 7. The van der Waals surface area contributed by atoms with Crippen LogP contribution >= 0.6 is 11.8 Å². The standard InChI is InChI=1S/C15H20N4OS/c1-3-16-13-9-14(18-15(17-13)21-2)19(11-6-7-11)10-12-5-4-8-20-12/h4-5,8-9,11H,3,6-7,10H2,1-2H3,(H,16,17,18). The lowest BCUT2D eigenvalue weighted by Gasteiger charge is -2.23. The number of aromatic nitrogens is 2. The fourth-order valence-electron chi connectivity index (χ4n) is 2.28. The zero-order chi connectivity index (χ0) is 14.7. The molecule has 0 amide bonds. The van der Waals surface area contributed by atoms with E-state index >= 15 is 0 Å². The van der Waals surface area contributed by atoms with Crippen molar-refractivity contribution in [2.75, 3.05) is 23.0 Å². The highest BCUT2D eigenvalue weighted by atomic mass is 32.2. The fourth-order valence-corrected chi connectivity index (χ4v) is 2.65. The van der Waals surface area contributed by atoms with Gasteiger partial charge in [0, 0.05) is 18.7 Å². The monoisotopic (exact) mass is 304 g/mol. The molecule has 0 aromatic carbocycles. The normalized spacial score (nSPS) is 14.2. The number of hydrogen-bond acceptors (Lipinski definition) is 6. The zero-order valence-corrected chi connectivity index (χ0v) is 13.2. The lowest BCUT2D eigenvalue weighted by atomic mass is 10.3. The van der Waals surface area contributed by atoms with Gasteiger partial charge in [-0.15, -0.1) is 0 Å². The second kappa shape index (κ2) is 6.39. The minimum Gasteiger partial charge on any atom is -0.467 e. The third-order valence-corrected chi connectivity index (χ3v) is 3.97. The summed E-state index contributed by atoms with van der Waals surface area (Å²) in [6, 6.07) is 6.54. The number of hydrogen-bond donors (Lipinski definition) is 1. The molecule has 0 unspecified atom stereocenters. The summed E-state index contributed by atoms with van der Waals surface area (Å²) in [7, 11) is 0. The Labute approximate surface area is 129 Å². The van der Waals surface area contributed by atoms with Gasteiger partial charge in [-0.05, 0) is 38.2 Å². The van der Waals surface area contributed by atoms with Crippen molar-refractivity contribution >= 4 is 23.4 Å².